The van der Waals surface area contributed by atoms with Crippen molar-refractivity contribution in [3.63, 3.8) is 0 Å². The van der Waals surface area contributed by atoms with E-state index >= 15 is 0 Å². The minimum Gasteiger partial charge on any atom is -0.481 e. The SMILES string of the molecule is CN(CCC(=O)O)S(=O)(=O)Nc1cc(C(N)=O)ccc1F. The number of carbonyl (C=O) groups is 2. The van der Waals surface area contributed by atoms with Crippen molar-refractivity contribution in [1.82, 2.24) is 4.31 Å². The Hall–Kier alpha value is -2.20. The number of carbonyl (C=O) groups excluding carboxylic acids is 1. The van der Waals surface area contributed by atoms with Gasteiger partial charge in [-0.1, -0.05) is 0 Å². The van der Waals surface area contributed by atoms with Crippen LogP contribution in [0.4, 0.5) is 10.1 Å². The number of nitrogens with one attached hydrogen (secondary N) is 1. The standard InChI is InChI=1S/C11H14FN3O5S/c1-15(5-4-10(16)17)21(19,20)14-9-6-7(11(13)18)2-3-8(9)12/h2-3,6,14H,4-5H2,1H3,(H2,13,18)(H,16,17). The molecule has 21 heavy (non-hydrogen) atoms. The molecule has 0 aliphatic heterocycles. The van der Waals surface area contributed by atoms with Gasteiger partial charge in [-0.05, 0) is 18.2 Å². The van der Waals surface area contributed by atoms with Gasteiger partial charge in [-0.25, -0.2) is 4.39 Å². The lowest BCUT2D eigenvalue weighted by Gasteiger charge is -2.18. The normalized spacial score (nSPS) is 11.4. The van der Waals surface area contributed by atoms with Crippen LogP contribution in [0.3, 0.4) is 0 Å². The molecule has 0 aliphatic rings. The topological polar surface area (TPSA) is 130 Å². The second kappa shape index (κ2) is 6.50. The van der Waals surface area contributed by atoms with Crippen LogP contribution in [0, 0.1) is 5.82 Å². The fourth-order valence-corrected chi connectivity index (χ4v) is 2.27. The summed E-state index contributed by atoms with van der Waals surface area (Å²) < 4.78 is 40.0. The number of benzene rings is 1. The summed E-state index contributed by atoms with van der Waals surface area (Å²) >= 11 is 0. The molecule has 0 unspecified atom stereocenters. The summed E-state index contributed by atoms with van der Waals surface area (Å²) in [6, 6.07) is 2.97. The van der Waals surface area contributed by atoms with Crippen molar-refractivity contribution in [1.29, 1.82) is 0 Å². The number of rotatable bonds is 7. The largest absolute Gasteiger partial charge is 0.481 e. The van der Waals surface area contributed by atoms with Gasteiger partial charge in [-0.15, -0.1) is 0 Å². The smallest absolute Gasteiger partial charge is 0.304 e. The monoisotopic (exact) mass is 319 g/mol. The fourth-order valence-electron chi connectivity index (χ4n) is 1.35. The Morgan fingerprint density at radius 2 is 2.05 bits per heavy atom. The molecule has 8 nitrogen and oxygen atoms in total. The van der Waals surface area contributed by atoms with E-state index in [4.69, 9.17) is 10.8 Å². The third-order valence-electron chi connectivity index (χ3n) is 2.54. The maximum absolute atomic E-state index is 13.5. The number of nitrogens with two attached hydrogens (primary N) is 1. The van der Waals surface area contributed by atoms with E-state index in [0.717, 1.165) is 29.6 Å². The molecule has 0 spiro atoms. The van der Waals surface area contributed by atoms with Crippen LogP contribution in [-0.4, -0.2) is 43.3 Å². The molecule has 0 aliphatic carbocycles. The van der Waals surface area contributed by atoms with E-state index in [9.17, 15) is 22.4 Å². The lowest BCUT2D eigenvalue weighted by molar-refractivity contribution is -0.137. The molecule has 1 amide bonds. The van der Waals surface area contributed by atoms with Crippen molar-refractivity contribution in [3.8, 4) is 0 Å². The lowest BCUT2D eigenvalue weighted by atomic mass is 10.2. The summed E-state index contributed by atoms with van der Waals surface area (Å²) in [5.74, 6) is -2.90. The molecule has 116 valence electrons. The molecule has 1 rings (SSSR count). The van der Waals surface area contributed by atoms with Gasteiger partial charge in [0, 0.05) is 19.2 Å². The molecule has 4 N–H and O–H groups in total. The van der Waals surface area contributed by atoms with Gasteiger partial charge in [0.05, 0.1) is 12.1 Å². The second-order valence-electron chi connectivity index (χ2n) is 4.13. The summed E-state index contributed by atoms with van der Waals surface area (Å²) in [7, 11) is -3.01. The van der Waals surface area contributed by atoms with E-state index in [1.165, 1.54) is 0 Å². The summed E-state index contributed by atoms with van der Waals surface area (Å²) in [5.41, 5.74) is 4.51. The van der Waals surface area contributed by atoms with E-state index in [0.29, 0.717) is 0 Å². The summed E-state index contributed by atoms with van der Waals surface area (Å²) in [6.45, 7) is -0.290. The van der Waals surface area contributed by atoms with E-state index in [-0.39, 0.29) is 12.1 Å². The molecule has 0 fully saturated rings. The van der Waals surface area contributed by atoms with Gasteiger partial charge in [0.25, 0.3) is 0 Å². The zero-order valence-electron chi connectivity index (χ0n) is 11.0. The van der Waals surface area contributed by atoms with Crippen LogP contribution in [-0.2, 0) is 15.0 Å². The first kappa shape index (κ1) is 16.9. The Labute approximate surface area is 120 Å². The van der Waals surface area contributed by atoms with Crippen molar-refractivity contribution in [2.24, 2.45) is 5.73 Å². The Bertz CT molecular complexity index is 662. The summed E-state index contributed by atoms with van der Waals surface area (Å²) in [4.78, 5) is 21.4. The summed E-state index contributed by atoms with van der Waals surface area (Å²) in [5, 5.41) is 8.51. The van der Waals surface area contributed by atoms with E-state index in [1.807, 2.05) is 4.72 Å². The minimum absolute atomic E-state index is 0.0673. The van der Waals surface area contributed by atoms with Crippen LogP contribution in [0.2, 0.25) is 0 Å². The van der Waals surface area contributed by atoms with E-state index in [1.54, 1.807) is 0 Å². The Morgan fingerprint density at radius 3 is 2.57 bits per heavy atom. The lowest BCUT2D eigenvalue weighted by Crippen LogP contribution is -2.34. The van der Waals surface area contributed by atoms with Crippen molar-refractivity contribution in [3.05, 3.63) is 29.6 Å². The predicted octanol–water partition coefficient (Wildman–Crippen LogP) is -0.0122. The van der Waals surface area contributed by atoms with Gasteiger partial charge < -0.3 is 10.8 Å². The number of hydrogen-bond acceptors (Lipinski definition) is 4. The number of nitrogens with zero attached hydrogens (tertiary/aromatic N) is 1. The van der Waals surface area contributed by atoms with Crippen LogP contribution in [0.25, 0.3) is 0 Å². The molecule has 1 aromatic carbocycles. The predicted molar refractivity (Wildman–Crippen MR) is 72.3 cm³/mol. The molecular weight excluding hydrogens is 305 g/mol. The first-order valence-electron chi connectivity index (χ1n) is 5.68. The van der Waals surface area contributed by atoms with Crippen LogP contribution in [0.5, 0.6) is 0 Å². The fraction of sp³-hybridized carbons (Fsp3) is 0.273. The number of aliphatic carboxylic acids is 1. The maximum Gasteiger partial charge on any atom is 0.304 e. The molecule has 0 radical (unpaired) electrons. The molecular formula is C11H14FN3O5S. The highest BCUT2D eigenvalue weighted by Gasteiger charge is 2.20. The van der Waals surface area contributed by atoms with Crippen LogP contribution in [0.1, 0.15) is 16.8 Å². The van der Waals surface area contributed by atoms with Gasteiger partial charge >= 0.3 is 16.2 Å². The van der Waals surface area contributed by atoms with Crippen LogP contribution >= 0.6 is 0 Å². The number of anilines is 1. The maximum atomic E-state index is 13.5. The Kier molecular flexibility index (Phi) is 5.22. The molecule has 0 saturated carbocycles. The highest BCUT2D eigenvalue weighted by molar-refractivity contribution is 7.90. The van der Waals surface area contributed by atoms with Crippen molar-refractivity contribution >= 4 is 27.8 Å². The second-order valence-corrected chi connectivity index (χ2v) is 5.91. The Morgan fingerprint density at radius 1 is 1.43 bits per heavy atom. The van der Waals surface area contributed by atoms with Crippen molar-refractivity contribution < 1.29 is 27.5 Å². The van der Waals surface area contributed by atoms with Crippen LogP contribution < -0.4 is 10.5 Å². The molecule has 0 saturated heterocycles. The number of hydrogen-bond donors (Lipinski definition) is 3. The quantitative estimate of drug-likeness (QED) is 0.650. The van der Waals surface area contributed by atoms with E-state index < -0.39 is 40.0 Å². The highest BCUT2D eigenvalue weighted by atomic mass is 32.2. The molecule has 0 atom stereocenters. The number of primary amides is 1. The number of halogens is 1. The molecule has 1 aromatic rings. The highest BCUT2D eigenvalue weighted by Crippen LogP contribution is 2.18. The molecule has 0 heterocycles. The molecule has 0 aromatic heterocycles. The Balaban J connectivity index is 2.95. The molecule has 0 bridgehead atoms. The van der Waals surface area contributed by atoms with Crippen molar-refractivity contribution in [2.45, 2.75) is 6.42 Å². The van der Waals surface area contributed by atoms with Gasteiger partial charge in [0.2, 0.25) is 5.91 Å². The first-order chi connectivity index (χ1) is 9.63. The van der Waals surface area contributed by atoms with Gasteiger partial charge in [-0.3, -0.25) is 14.3 Å². The summed E-state index contributed by atoms with van der Waals surface area (Å²) in [6.07, 6.45) is -0.402. The van der Waals surface area contributed by atoms with Crippen molar-refractivity contribution in [2.75, 3.05) is 18.3 Å². The van der Waals surface area contributed by atoms with Crippen LogP contribution in [0.15, 0.2) is 18.2 Å². The number of carboxylic acids is 1. The van der Waals surface area contributed by atoms with Gasteiger partial charge in [-0.2, -0.15) is 12.7 Å². The zero-order valence-corrected chi connectivity index (χ0v) is 11.9. The van der Waals surface area contributed by atoms with Gasteiger partial charge in [0.15, 0.2) is 0 Å². The van der Waals surface area contributed by atoms with Gasteiger partial charge in [0.1, 0.15) is 5.82 Å². The third kappa shape index (κ3) is 4.68. The molecule has 10 heteroatoms. The average Bonchev–Trinajstić information content (AvgIpc) is 2.37. The number of carboxylic acid groups (broad SMARTS) is 1. The zero-order chi connectivity index (χ0) is 16.2. The average molecular weight is 319 g/mol. The third-order valence-corrected chi connectivity index (χ3v) is 4.02. The first-order valence-corrected chi connectivity index (χ1v) is 7.12. The minimum atomic E-state index is -4.15. The van der Waals surface area contributed by atoms with E-state index in [2.05, 4.69) is 0 Å². The number of amides is 1.